The molecule has 0 N–H and O–H groups in total. The van der Waals surface area contributed by atoms with Crippen molar-refractivity contribution in [2.45, 2.75) is 51.4 Å². The maximum Gasteiger partial charge on any atom is 0.155 e. The number of benzene rings is 2. The van der Waals surface area contributed by atoms with E-state index in [1.807, 2.05) is 0 Å². The molecule has 1 fully saturated rings. The number of halogens is 4. The topological polar surface area (TPSA) is 0 Å². The zero-order chi connectivity index (χ0) is 16.6. The molecule has 1 aliphatic carbocycles. The summed E-state index contributed by atoms with van der Waals surface area (Å²) < 4.78 is 42.0. The highest BCUT2D eigenvalue weighted by molar-refractivity contribution is 6.31. The van der Waals surface area contributed by atoms with Crippen molar-refractivity contribution in [3.63, 3.8) is 0 Å². The second-order valence-electron chi connectivity index (χ2n) is 6.59. The first kappa shape index (κ1) is 16.6. The van der Waals surface area contributed by atoms with E-state index in [0.717, 1.165) is 43.2 Å². The van der Waals surface area contributed by atoms with Gasteiger partial charge in [-0.15, -0.1) is 0 Å². The highest BCUT2D eigenvalue weighted by Crippen LogP contribution is 2.39. The third kappa shape index (κ3) is 3.21. The molecule has 0 heterocycles. The highest BCUT2D eigenvalue weighted by Gasteiger charge is 2.24. The van der Waals surface area contributed by atoms with Crippen LogP contribution in [-0.4, -0.2) is 0 Å². The third-order valence-corrected chi connectivity index (χ3v) is 5.41. The van der Waals surface area contributed by atoms with Crippen molar-refractivity contribution in [3.05, 3.63) is 46.2 Å². The molecule has 3 rings (SSSR count). The molecule has 0 amide bonds. The molecule has 4 heteroatoms. The van der Waals surface area contributed by atoms with E-state index >= 15 is 0 Å². The summed E-state index contributed by atoms with van der Waals surface area (Å²) in [5.74, 6) is -1.50. The second-order valence-corrected chi connectivity index (χ2v) is 6.97. The minimum atomic E-state index is -1.02. The van der Waals surface area contributed by atoms with Crippen LogP contribution in [0, 0.1) is 23.4 Å². The molecular formula is C19H20ClF3. The van der Waals surface area contributed by atoms with Crippen molar-refractivity contribution in [2.75, 3.05) is 0 Å². The quantitative estimate of drug-likeness (QED) is 0.528. The van der Waals surface area contributed by atoms with E-state index < -0.39 is 22.5 Å². The van der Waals surface area contributed by atoms with Crippen LogP contribution in [0.5, 0.6) is 0 Å². The molecule has 0 radical (unpaired) electrons. The van der Waals surface area contributed by atoms with Gasteiger partial charge < -0.3 is 0 Å². The molecule has 2 aromatic carbocycles. The van der Waals surface area contributed by atoms with E-state index in [9.17, 15) is 13.2 Å². The van der Waals surface area contributed by atoms with Crippen molar-refractivity contribution in [3.8, 4) is 0 Å². The molecule has 124 valence electrons. The lowest BCUT2D eigenvalue weighted by molar-refractivity contribution is 0.308. The predicted octanol–water partition coefficient (Wildman–Crippen LogP) is 6.98. The standard InChI is InChI=1S/C19H20ClF3/c1-2-3-11-4-6-12(7-5-11)13-8-14-10-16(22)18(20)19(23)17(14)15(21)9-13/h8-12H,2-7H2,1H3. The Morgan fingerprint density at radius 1 is 1.00 bits per heavy atom. The summed E-state index contributed by atoms with van der Waals surface area (Å²) >= 11 is 5.55. The maximum atomic E-state index is 14.4. The molecule has 0 aliphatic heterocycles. The zero-order valence-corrected chi connectivity index (χ0v) is 13.9. The fourth-order valence-corrected chi connectivity index (χ4v) is 3.99. The first-order valence-corrected chi connectivity index (χ1v) is 8.65. The number of fused-ring (bicyclic) bond motifs is 1. The van der Waals surface area contributed by atoms with Crippen molar-refractivity contribution in [2.24, 2.45) is 5.92 Å². The van der Waals surface area contributed by atoms with Crippen molar-refractivity contribution < 1.29 is 13.2 Å². The Hall–Kier alpha value is -1.22. The van der Waals surface area contributed by atoms with Crippen LogP contribution in [0.3, 0.4) is 0 Å². The smallest absolute Gasteiger partial charge is 0.155 e. The SMILES string of the molecule is CCCC1CCC(c2cc(F)c3c(F)c(Cl)c(F)cc3c2)CC1. The molecule has 23 heavy (non-hydrogen) atoms. The van der Waals surface area contributed by atoms with Crippen LogP contribution >= 0.6 is 11.6 Å². The van der Waals surface area contributed by atoms with E-state index in [4.69, 9.17) is 11.6 Å². The van der Waals surface area contributed by atoms with Gasteiger partial charge in [-0.25, -0.2) is 13.2 Å². The summed E-state index contributed by atoms with van der Waals surface area (Å²) in [6.07, 6.45) is 6.73. The second kappa shape index (κ2) is 6.72. The summed E-state index contributed by atoms with van der Waals surface area (Å²) in [4.78, 5) is 0. The number of hydrogen-bond acceptors (Lipinski definition) is 0. The van der Waals surface area contributed by atoms with E-state index in [2.05, 4.69) is 6.92 Å². The Morgan fingerprint density at radius 2 is 1.70 bits per heavy atom. The number of hydrogen-bond donors (Lipinski definition) is 0. The van der Waals surface area contributed by atoms with Gasteiger partial charge in [0.1, 0.15) is 16.7 Å². The Balaban J connectivity index is 1.93. The van der Waals surface area contributed by atoms with E-state index in [1.165, 1.54) is 18.9 Å². The lowest BCUT2D eigenvalue weighted by atomic mass is 9.77. The Bertz CT molecular complexity index is 718. The molecular weight excluding hydrogens is 321 g/mol. The largest absolute Gasteiger partial charge is 0.206 e. The van der Waals surface area contributed by atoms with Gasteiger partial charge in [0.25, 0.3) is 0 Å². The van der Waals surface area contributed by atoms with Gasteiger partial charge >= 0.3 is 0 Å². The number of rotatable bonds is 3. The molecule has 0 unspecified atom stereocenters. The molecule has 0 spiro atoms. The minimum Gasteiger partial charge on any atom is -0.206 e. The van der Waals surface area contributed by atoms with Gasteiger partial charge in [0.05, 0.1) is 5.39 Å². The molecule has 0 aromatic heterocycles. The first-order valence-electron chi connectivity index (χ1n) is 8.28. The van der Waals surface area contributed by atoms with Crippen LogP contribution in [0.25, 0.3) is 10.8 Å². The third-order valence-electron chi connectivity index (χ3n) is 5.06. The van der Waals surface area contributed by atoms with Crippen LogP contribution in [0.4, 0.5) is 13.2 Å². The summed E-state index contributed by atoms with van der Waals surface area (Å²) in [5, 5.41) is -0.626. The molecule has 0 saturated heterocycles. The fourth-order valence-electron chi connectivity index (χ4n) is 3.84. The molecule has 0 atom stereocenters. The van der Waals surface area contributed by atoms with Gasteiger partial charge in [-0.05, 0) is 60.6 Å². The Morgan fingerprint density at radius 3 is 2.35 bits per heavy atom. The van der Waals surface area contributed by atoms with Gasteiger partial charge in [-0.3, -0.25) is 0 Å². The summed E-state index contributed by atoms with van der Waals surface area (Å²) in [6.45, 7) is 2.19. The molecule has 0 nitrogen and oxygen atoms in total. The van der Waals surface area contributed by atoms with Gasteiger partial charge in [0.2, 0.25) is 0 Å². The van der Waals surface area contributed by atoms with E-state index in [0.29, 0.717) is 0 Å². The normalized spacial score (nSPS) is 21.8. The summed E-state index contributed by atoms with van der Waals surface area (Å²) in [6, 6.07) is 4.23. The molecule has 1 aliphatic rings. The first-order chi connectivity index (χ1) is 11.0. The lowest BCUT2D eigenvalue weighted by Gasteiger charge is -2.29. The Labute approximate surface area is 139 Å². The van der Waals surface area contributed by atoms with Crippen molar-refractivity contribution in [1.29, 1.82) is 0 Å². The van der Waals surface area contributed by atoms with Crippen LogP contribution in [-0.2, 0) is 0 Å². The van der Waals surface area contributed by atoms with Crippen LogP contribution in [0.15, 0.2) is 18.2 Å². The van der Waals surface area contributed by atoms with E-state index in [-0.39, 0.29) is 16.7 Å². The molecule has 2 aromatic rings. The van der Waals surface area contributed by atoms with Gasteiger partial charge in [0.15, 0.2) is 5.82 Å². The average Bonchev–Trinajstić information content (AvgIpc) is 2.53. The maximum absolute atomic E-state index is 14.4. The van der Waals surface area contributed by atoms with Crippen molar-refractivity contribution >= 4 is 22.4 Å². The highest BCUT2D eigenvalue weighted by atomic mass is 35.5. The predicted molar refractivity (Wildman–Crippen MR) is 88.4 cm³/mol. The van der Waals surface area contributed by atoms with Crippen molar-refractivity contribution in [1.82, 2.24) is 0 Å². The summed E-state index contributed by atoms with van der Waals surface area (Å²) in [5.41, 5.74) is 0.839. The van der Waals surface area contributed by atoms with Gasteiger partial charge in [-0.1, -0.05) is 37.4 Å². The van der Waals surface area contributed by atoms with Gasteiger partial charge in [-0.2, -0.15) is 0 Å². The van der Waals surface area contributed by atoms with Crippen LogP contribution < -0.4 is 0 Å². The fraction of sp³-hybridized carbons (Fsp3) is 0.474. The average molecular weight is 341 g/mol. The Kier molecular flexibility index (Phi) is 4.86. The lowest BCUT2D eigenvalue weighted by Crippen LogP contribution is -2.13. The molecule has 1 saturated carbocycles. The van der Waals surface area contributed by atoms with Gasteiger partial charge in [0, 0.05) is 0 Å². The monoisotopic (exact) mass is 340 g/mol. The van der Waals surface area contributed by atoms with Crippen LogP contribution in [0.1, 0.15) is 56.9 Å². The minimum absolute atomic E-state index is 0.222. The summed E-state index contributed by atoms with van der Waals surface area (Å²) in [7, 11) is 0. The van der Waals surface area contributed by atoms with E-state index in [1.54, 1.807) is 6.07 Å². The van der Waals surface area contributed by atoms with Crippen LogP contribution in [0.2, 0.25) is 5.02 Å². The molecule has 0 bridgehead atoms. The zero-order valence-electron chi connectivity index (χ0n) is 13.1.